The molecular formula is C24H31N3O2. The largest absolute Gasteiger partial charge is 0.352 e. The van der Waals surface area contributed by atoms with E-state index in [2.05, 4.69) is 30.1 Å². The van der Waals surface area contributed by atoms with Gasteiger partial charge in [0.05, 0.1) is 0 Å². The van der Waals surface area contributed by atoms with Crippen LogP contribution in [0.5, 0.6) is 0 Å². The fourth-order valence-corrected chi connectivity index (χ4v) is 4.97. The number of amides is 1. The molecule has 1 aromatic heterocycles. The highest BCUT2D eigenvalue weighted by Crippen LogP contribution is 2.36. The van der Waals surface area contributed by atoms with E-state index in [9.17, 15) is 9.59 Å². The van der Waals surface area contributed by atoms with Crippen LogP contribution in [-0.2, 0) is 6.54 Å². The molecule has 4 rings (SSSR count). The van der Waals surface area contributed by atoms with Crippen molar-refractivity contribution in [2.24, 2.45) is 11.8 Å². The molecule has 5 nitrogen and oxygen atoms in total. The zero-order chi connectivity index (χ0) is 20.5. The van der Waals surface area contributed by atoms with Crippen LogP contribution in [0.15, 0.2) is 41.2 Å². The van der Waals surface area contributed by atoms with Gasteiger partial charge in [0, 0.05) is 56.0 Å². The van der Waals surface area contributed by atoms with Gasteiger partial charge in [0.25, 0.3) is 11.5 Å². The van der Waals surface area contributed by atoms with Gasteiger partial charge in [0.2, 0.25) is 0 Å². The SMILES string of the molecule is CCNC(=O)c1ccc(-c2cc3n(c(=O)c2)C[C@H]2C[C@@H]3CN(CC(C)C)C2)cc1. The topological polar surface area (TPSA) is 54.3 Å². The Morgan fingerprint density at radius 2 is 1.86 bits per heavy atom. The molecule has 1 amide bonds. The standard InChI is InChI=1S/C24H31N3O2/c1-4-25-24(29)19-7-5-18(6-8-19)20-10-22-21-9-17(14-27(22)23(28)11-20)13-26(15-21)12-16(2)3/h5-8,10-11,16-17,21H,4,9,12-15H2,1-3H3,(H,25,29)/t17-,21+/m0/s1. The molecule has 2 aliphatic heterocycles. The molecule has 0 aliphatic carbocycles. The van der Waals surface area contributed by atoms with Crippen molar-refractivity contribution in [3.63, 3.8) is 0 Å². The highest BCUT2D eigenvalue weighted by molar-refractivity contribution is 5.94. The quantitative estimate of drug-likeness (QED) is 0.848. The predicted molar refractivity (Wildman–Crippen MR) is 116 cm³/mol. The van der Waals surface area contributed by atoms with Gasteiger partial charge in [-0.3, -0.25) is 9.59 Å². The van der Waals surface area contributed by atoms with E-state index >= 15 is 0 Å². The van der Waals surface area contributed by atoms with Gasteiger partial charge in [-0.2, -0.15) is 0 Å². The van der Waals surface area contributed by atoms with E-state index in [4.69, 9.17) is 0 Å². The second kappa shape index (κ2) is 8.15. The van der Waals surface area contributed by atoms with Gasteiger partial charge in [0.1, 0.15) is 0 Å². The third-order valence-electron chi connectivity index (χ3n) is 6.07. The molecule has 3 heterocycles. The summed E-state index contributed by atoms with van der Waals surface area (Å²) in [7, 11) is 0. The smallest absolute Gasteiger partial charge is 0.251 e. The number of nitrogens with one attached hydrogen (secondary N) is 1. The van der Waals surface area contributed by atoms with Crippen LogP contribution in [0.3, 0.4) is 0 Å². The van der Waals surface area contributed by atoms with Gasteiger partial charge in [-0.1, -0.05) is 26.0 Å². The van der Waals surface area contributed by atoms with Crippen LogP contribution < -0.4 is 10.9 Å². The van der Waals surface area contributed by atoms with Crippen LogP contribution in [-0.4, -0.2) is 41.6 Å². The number of rotatable bonds is 5. The molecule has 2 aliphatic rings. The molecule has 1 fully saturated rings. The minimum atomic E-state index is -0.0666. The second-order valence-corrected chi connectivity index (χ2v) is 8.97. The van der Waals surface area contributed by atoms with Crippen molar-refractivity contribution < 1.29 is 4.79 Å². The average Bonchev–Trinajstić information content (AvgIpc) is 2.68. The molecule has 2 aromatic rings. The Morgan fingerprint density at radius 1 is 1.10 bits per heavy atom. The molecule has 29 heavy (non-hydrogen) atoms. The summed E-state index contributed by atoms with van der Waals surface area (Å²) in [6.45, 7) is 11.1. The number of fused-ring (bicyclic) bond motifs is 4. The first kappa shape index (κ1) is 19.9. The van der Waals surface area contributed by atoms with Crippen molar-refractivity contribution >= 4 is 5.91 Å². The Labute approximate surface area is 172 Å². The minimum absolute atomic E-state index is 0.0666. The fourth-order valence-electron chi connectivity index (χ4n) is 4.97. The van der Waals surface area contributed by atoms with Crippen molar-refractivity contribution in [1.29, 1.82) is 0 Å². The van der Waals surface area contributed by atoms with Gasteiger partial charge >= 0.3 is 0 Å². The molecule has 0 spiro atoms. The zero-order valence-electron chi connectivity index (χ0n) is 17.6. The van der Waals surface area contributed by atoms with Gasteiger partial charge in [0.15, 0.2) is 0 Å². The molecule has 5 heteroatoms. The van der Waals surface area contributed by atoms with Crippen LogP contribution in [0.25, 0.3) is 11.1 Å². The number of carbonyl (C=O) groups is 1. The molecular weight excluding hydrogens is 362 g/mol. The third-order valence-corrected chi connectivity index (χ3v) is 6.07. The number of piperidine rings is 1. The van der Waals surface area contributed by atoms with E-state index in [0.717, 1.165) is 37.3 Å². The molecule has 2 bridgehead atoms. The maximum absolute atomic E-state index is 12.9. The Balaban J connectivity index is 1.63. The summed E-state index contributed by atoms with van der Waals surface area (Å²) >= 11 is 0. The number of hydrogen-bond acceptors (Lipinski definition) is 3. The summed E-state index contributed by atoms with van der Waals surface area (Å²) in [5.74, 6) is 1.58. The van der Waals surface area contributed by atoms with E-state index in [-0.39, 0.29) is 11.5 Å². The summed E-state index contributed by atoms with van der Waals surface area (Å²) in [5.41, 5.74) is 3.84. The van der Waals surface area contributed by atoms with Crippen LogP contribution in [0.1, 0.15) is 49.2 Å². The first-order valence-corrected chi connectivity index (χ1v) is 10.8. The number of carbonyl (C=O) groups excluding carboxylic acids is 1. The second-order valence-electron chi connectivity index (χ2n) is 8.97. The lowest BCUT2D eigenvalue weighted by Gasteiger charge is -2.43. The Hall–Kier alpha value is -2.40. The maximum atomic E-state index is 12.9. The van der Waals surface area contributed by atoms with E-state index < -0.39 is 0 Å². The number of likely N-dealkylation sites (tertiary alicyclic amines) is 1. The first-order chi connectivity index (χ1) is 13.9. The normalized spacial score (nSPS) is 21.1. The van der Waals surface area contributed by atoms with E-state index in [1.165, 1.54) is 12.1 Å². The van der Waals surface area contributed by atoms with Crippen LogP contribution in [0.4, 0.5) is 0 Å². The summed E-state index contributed by atoms with van der Waals surface area (Å²) in [4.78, 5) is 27.5. The van der Waals surface area contributed by atoms with Crippen molar-refractivity contribution in [3.8, 4) is 11.1 Å². The lowest BCUT2D eigenvalue weighted by molar-refractivity contribution is 0.0956. The molecule has 1 saturated heterocycles. The number of hydrogen-bond donors (Lipinski definition) is 1. The summed E-state index contributed by atoms with van der Waals surface area (Å²) in [6.07, 6.45) is 1.17. The summed E-state index contributed by atoms with van der Waals surface area (Å²) < 4.78 is 2.00. The highest BCUT2D eigenvalue weighted by Gasteiger charge is 2.34. The highest BCUT2D eigenvalue weighted by atomic mass is 16.1. The van der Waals surface area contributed by atoms with Gasteiger partial charge in [-0.25, -0.2) is 0 Å². The van der Waals surface area contributed by atoms with Crippen molar-refractivity contribution in [2.45, 2.75) is 39.7 Å². The molecule has 2 atom stereocenters. The average molecular weight is 394 g/mol. The Morgan fingerprint density at radius 3 is 2.55 bits per heavy atom. The fraction of sp³-hybridized carbons (Fsp3) is 0.500. The van der Waals surface area contributed by atoms with Crippen molar-refractivity contribution in [1.82, 2.24) is 14.8 Å². The molecule has 154 valence electrons. The van der Waals surface area contributed by atoms with Gasteiger partial charge < -0.3 is 14.8 Å². The molecule has 0 radical (unpaired) electrons. The number of pyridine rings is 1. The van der Waals surface area contributed by atoms with E-state index in [1.54, 1.807) is 6.07 Å². The van der Waals surface area contributed by atoms with Gasteiger partial charge in [-0.05, 0) is 54.5 Å². The summed E-state index contributed by atoms with van der Waals surface area (Å²) in [5, 5.41) is 2.82. The number of benzene rings is 1. The minimum Gasteiger partial charge on any atom is -0.352 e. The Bertz CT molecular complexity index is 946. The van der Waals surface area contributed by atoms with Crippen molar-refractivity contribution in [3.05, 3.63) is 58.0 Å². The third kappa shape index (κ3) is 4.15. The van der Waals surface area contributed by atoms with E-state index in [1.807, 2.05) is 35.8 Å². The lowest BCUT2D eigenvalue weighted by atomic mass is 9.82. The van der Waals surface area contributed by atoms with Crippen LogP contribution >= 0.6 is 0 Å². The molecule has 1 aromatic carbocycles. The van der Waals surface area contributed by atoms with Crippen LogP contribution in [0.2, 0.25) is 0 Å². The number of nitrogens with zero attached hydrogens (tertiary/aromatic N) is 2. The van der Waals surface area contributed by atoms with Crippen LogP contribution in [0, 0.1) is 11.8 Å². The number of aromatic nitrogens is 1. The predicted octanol–water partition coefficient (Wildman–Crippen LogP) is 3.34. The molecule has 0 saturated carbocycles. The molecule has 0 unspecified atom stereocenters. The first-order valence-electron chi connectivity index (χ1n) is 10.8. The summed E-state index contributed by atoms with van der Waals surface area (Å²) in [6, 6.07) is 11.5. The Kier molecular flexibility index (Phi) is 5.59. The maximum Gasteiger partial charge on any atom is 0.251 e. The zero-order valence-corrected chi connectivity index (χ0v) is 17.6. The van der Waals surface area contributed by atoms with E-state index in [0.29, 0.717) is 29.9 Å². The monoisotopic (exact) mass is 393 g/mol. The van der Waals surface area contributed by atoms with Gasteiger partial charge in [-0.15, -0.1) is 0 Å². The lowest BCUT2D eigenvalue weighted by Crippen LogP contribution is -2.48. The molecule has 1 N–H and O–H groups in total. The van der Waals surface area contributed by atoms with Crippen molar-refractivity contribution in [2.75, 3.05) is 26.2 Å².